The summed E-state index contributed by atoms with van der Waals surface area (Å²) in [5, 5.41) is 1.76. The van der Waals surface area contributed by atoms with Gasteiger partial charge in [0.05, 0.1) is 7.11 Å². The van der Waals surface area contributed by atoms with Crippen LogP contribution in [0.2, 0.25) is 0 Å². The second-order valence-corrected chi connectivity index (χ2v) is 8.24. The van der Waals surface area contributed by atoms with Gasteiger partial charge in [-0.05, 0) is 42.2 Å². The van der Waals surface area contributed by atoms with Crippen molar-refractivity contribution in [2.24, 2.45) is 0 Å². The first-order valence-electron chi connectivity index (χ1n) is 7.93. The zero-order chi connectivity index (χ0) is 17.6. The Bertz CT molecular complexity index is 726. The molecule has 1 N–H and O–H groups in total. The number of hydrogen-bond acceptors (Lipinski definition) is 5. The summed E-state index contributed by atoms with van der Waals surface area (Å²) in [5.74, 6) is 0.769. The molecule has 5 nitrogen and oxygen atoms in total. The van der Waals surface area contributed by atoms with E-state index in [4.69, 9.17) is 4.74 Å². The number of methoxy groups -OCH3 is 1. The fourth-order valence-electron chi connectivity index (χ4n) is 2.65. The predicted octanol–water partition coefficient (Wildman–Crippen LogP) is 3.12. The van der Waals surface area contributed by atoms with Gasteiger partial charge in [0, 0.05) is 12.6 Å². The molecule has 0 spiro atoms. The zero-order valence-corrected chi connectivity index (χ0v) is 15.9. The molecule has 0 radical (unpaired) electrons. The molecule has 7 heteroatoms. The minimum Gasteiger partial charge on any atom is -0.497 e. The van der Waals surface area contributed by atoms with Crippen molar-refractivity contribution in [2.45, 2.75) is 24.1 Å². The number of likely N-dealkylation sites (N-methyl/N-ethyl adjacent to an activating group) is 1. The van der Waals surface area contributed by atoms with Gasteiger partial charge in [0.15, 0.2) is 0 Å². The number of rotatable bonds is 9. The molecular formula is C17H24N2O3S2. The van der Waals surface area contributed by atoms with Crippen LogP contribution in [0.25, 0.3) is 0 Å². The Kier molecular flexibility index (Phi) is 6.79. The van der Waals surface area contributed by atoms with E-state index in [2.05, 4.69) is 23.5 Å². The molecule has 1 unspecified atom stereocenters. The summed E-state index contributed by atoms with van der Waals surface area (Å²) < 4.78 is 33.2. The summed E-state index contributed by atoms with van der Waals surface area (Å²) in [6, 6.07) is 11.1. The van der Waals surface area contributed by atoms with Crippen molar-refractivity contribution in [3.8, 4) is 5.75 Å². The molecule has 0 aliphatic rings. The summed E-state index contributed by atoms with van der Waals surface area (Å²) in [6.45, 7) is 6.13. The van der Waals surface area contributed by atoms with E-state index < -0.39 is 10.0 Å². The average Bonchev–Trinajstić information content (AvgIpc) is 3.14. The first-order valence-corrected chi connectivity index (χ1v) is 10.3. The Morgan fingerprint density at radius 2 is 1.96 bits per heavy atom. The Morgan fingerprint density at radius 1 is 1.21 bits per heavy atom. The van der Waals surface area contributed by atoms with Gasteiger partial charge in [-0.1, -0.05) is 32.0 Å². The van der Waals surface area contributed by atoms with Gasteiger partial charge < -0.3 is 4.74 Å². The van der Waals surface area contributed by atoms with Crippen molar-refractivity contribution < 1.29 is 13.2 Å². The average molecular weight is 369 g/mol. The van der Waals surface area contributed by atoms with Crippen LogP contribution in [0.1, 0.15) is 25.5 Å². The SMILES string of the molecule is CCN(CC)C(CNS(=O)(=O)c1cccs1)c1cccc(OC)c1. The quantitative estimate of drug-likeness (QED) is 0.739. The molecule has 0 amide bonds. The molecule has 0 fully saturated rings. The highest BCUT2D eigenvalue weighted by Crippen LogP contribution is 2.25. The molecule has 24 heavy (non-hydrogen) atoms. The van der Waals surface area contributed by atoms with E-state index in [1.807, 2.05) is 24.3 Å². The summed E-state index contributed by atoms with van der Waals surface area (Å²) in [6.07, 6.45) is 0. The van der Waals surface area contributed by atoms with Crippen LogP contribution in [-0.2, 0) is 10.0 Å². The first-order chi connectivity index (χ1) is 11.5. The third kappa shape index (κ3) is 4.57. The topological polar surface area (TPSA) is 58.6 Å². The van der Waals surface area contributed by atoms with Crippen LogP contribution in [0.3, 0.4) is 0 Å². The molecule has 2 aromatic rings. The lowest BCUT2D eigenvalue weighted by Gasteiger charge is -2.30. The first kappa shape index (κ1) is 18.9. The van der Waals surface area contributed by atoms with Crippen LogP contribution in [0.4, 0.5) is 0 Å². The molecule has 1 aromatic carbocycles. The number of sulfonamides is 1. The second-order valence-electron chi connectivity index (χ2n) is 5.30. The highest BCUT2D eigenvalue weighted by molar-refractivity contribution is 7.91. The van der Waals surface area contributed by atoms with Crippen molar-refractivity contribution in [3.05, 3.63) is 47.3 Å². The largest absolute Gasteiger partial charge is 0.497 e. The molecule has 0 aliphatic heterocycles. The van der Waals surface area contributed by atoms with Crippen molar-refractivity contribution >= 4 is 21.4 Å². The van der Waals surface area contributed by atoms with Gasteiger partial charge in [-0.25, -0.2) is 13.1 Å². The van der Waals surface area contributed by atoms with Gasteiger partial charge in [0.25, 0.3) is 0 Å². The number of thiophene rings is 1. The molecule has 0 saturated carbocycles. The minimum absolute atomic E-state index is 0.0511. The second kappa shape index (κ2) is 8.62. The van der Waals surface area contributed by atoms with Gasteiger partial charge in [0.1, 0.15) is 9.96 Å². The van der Waals surface area contributed by atoms with Crippen molar-refractivity contribution in [1.82, 2.24) is 9.62 Å². The number of nitrogens with zero attached hydrogens (tertiary/aromatic N) is 1. The number of ether oxygens (including phenoxy) is 1. The molecule has 132 valence electrons. The Balaban J connectivity index is 2.23. The third-order valence-corrected chi connectivity index (χ3v) is 6.78. The number of hydrogen-bond donors (Lipinski definition) is 1. The van der Waals surface area contributed by atoms with E-state index in [0.29, 0.717) is 10.8 Å². The van der Waals surface area contributed by atoms with Gasteiger partial charge >= 0.3 is 0 Å². The van der Waals surface area contributed by atoms with Gasteiger partial charge in [0.2, 0.25) is 10.0 Å². The van der Waals surface area contributed by atoms with E-state index in [0.717, 1.165) is 24.4 Å². The lowest BCUT2D eigenvalue weighted by molar-refractivity contribution is 0.219. The van der Waals surface area contributed by atoms with Crippen molar-refractivity contribution in [2.75, 3.05) is 26.7 Å². The molecule has 0 bridgehead atoms. The zero-order valence-electron chi connectivity index (χ0n) is 14.2. The maximum absolute atomic E-state index is 12.4. The fourth-order valence-corrected chi connectivity index (χ4v) is 4.72. The maximum atomic E-state index is 12.4. The summed E-state index contributed by atoms with van der Waals surface area (Å²) in [5.41, 5.74) is 1.03. The molecule has 1 atom stereocenters. The lowest BCUT2D eigenvalue weighted by Crippen LogP contribution is -2.37. The van der Waals surface area contributed by atoms with E-state index in [9.17, 15) is 8.42 Å². The van der Waals surface area contributed by atoms with E-state index in [1.165, 1.54) is 11.3 Å². The van der Waals surface area contributed by atoms with Crippen LogP contribution >= 0.6 is 11.3 Å². The maximum Gasteiger partial charge on any atom is 0.250 e. The highest BCUT2D eigenvalue weighted by Gasteiger charge is 2.22. The molecule has 2 rings (SSSR count). The highest BCUT2D eigenvalue weighted by atomic mass is 32.2. The van der Waals surface area contributed by atoms with E-state index in [1.54, 1.807) is 24.6 Å². The van der Waals surface area contributed by atoms with Gasteiger partial charge in [-0.3, -0.25) is 4.90 Å². The van der Waals surface area contributed by atoms with Crippen LogP contribution in [-0.4, -0.2) is 40.1 Å². The predicted molar refractivity (Wildman–Crippen MR) is 98.2 cm³/mol. The normalized spacial score (nSPS) is 13.2. The van der Waals surface area contributed by atoms with E-state index >= 15 is 0 Å². The van der Waals surface area contributed by atoms with Crippen molar-refractivity contribution in [3.63, 3.8) is 0 Å². The molecule has 0 saturated heterocycles. The van der Waals surface area contributed by atoms with Gasteiger partial charge in [-0.15, -0.1) is 11.3 Å². The molecular weight excluding hydrogens is 344 g/mol. The third-order valence-electron chi connectivity index (χ3n) is 3.96. The fraction of sp³-hybridized carbons (Fsp3) is 0.412. The van der Waals surface area contributed by atoms with Crippen molar-refractivity contribution in [1.29, 1.82) is 0 Å². The summed E-state index contributed by atoms with van der Waals surface area (Å²) in [4.78, 5) is 2.23. The number of nitrogens with one attached hydrogen (secondary N) is 1. The Morgan fingerprint density at radius 3 is 2.54 bits per heavy atom. The number of benzene rings is 1. The summed E-state index contributed by atoms with van der Waals surface area (Å²) >= 11 is 1.22. The van der Waals surface area contributed by atoms with E-state index in [-0.39, 0.29) is 6.04 Å². The molecule has 1 heterocycles. The lowest BCUT2D eigenvalue weighted by atomic mass is 10.0. The summed E-state index contributed by atoms with van der Waals surface area (Å²) in [7, 11) is -1.85. The van der Waals surface area contributed by atoms with Crippen LogP contribution < -0.4 is 9.46 Å². The Labute approximate surface area is 148 Å². The minimum atomic E-state index is -3.48. The smallest absolute Gasteiger partial charge is 0.250 e. The standard InChI is InChI=1S/C17H24N2O3S2/c1-4-19(5-2)16(14-8-6-9-15(12-14)22-3)13-18-24(20,21)17-10-7-11-23-17/h6-12,16,18H,4-5,13H2,1-3H3. The Hall–Kier alpha value is -1.41. The van der Waals surface area contributed by atoms with Crippen LogP contribution in [0, 0.1) is 0 Å². The van der Waals surface area contributed by atoms with Crippen LogP contribution in [0.5, 0.6) is 5.75 Å². The molecule has 0 aliphatic carbocycles. The van der Waals surface area contributed by atoms with Crippen LogP contribution in [0.15, 0.2) is 46.0 Å². The van der Waals surface area contributed by atoms with Gasteiger partial charge in [-0.2, -0.15) is 0 Å². The monoisotopic (exact) mass is 368 g/mol. The molecule has 1 aromatic heterocycles.